The highest BCUT2D eigenvalue weighted by Crippen LogP contribution is 2.50. The molecule has 0 bridgehead atoms. The Morgan fingerprint density at radius 1 is 0.633 bits per heavy atom. The first-order valence-corrected chi connectivity index (χ1v) is 10.7. The minimum Gasteiger partial charge on any atom is -0.508 e. The number of phenols is 3. The molecular weight excluding hydrogens is 372 g/mol. The number of benzene rings is 3. The van der Waals surface area contributed by atoms with E-state index in [1.165, 1.54) is 16.7 Å². The molecule has 1 aliphatic carbocycles. The van der Waals surface area contributed by atoms with Crippen LogP contribution in [0.15, 0.2) is 54.6 Å². The third-order valence-electron chi connectivity index (χ3n) is 7.03. The Bertz CT molecular complexity index is 1020. The number of aromatic hydroxyl groups is 3. The number of hydrogen-bond acceptors (Lipinski definition) is 3. The van der Waals surface area contributed by atoms with Crippen molar-refractivity contribution in [2.45, 2.75) is 57.8 Å². The van der Waals surface area contributed by atoms with Gasteiger partial charge in [0.2, 0.25) is 0 Å². The molecule has 3 N–H and O–H groups in total. The van der Waals surface area contributed by atoms with Crippen LogP contribution < -0.4 is 0 Å². The molecular formula is C27H30O3. The fourth-order valence-electron chi connectivity index (χ4n) is 5.03. The van der Waals surface area contributed by atoms with Crippen molar-refractivity contribution < 1.29 is 15.3 Å². The predicted octanol–water partition coefficient (Wildman–Crippen LogP) is 6.37. The molecule has 156 valence electrons. The van der Waals surface area contributed by atoms with Crippen LogP contribution in [0.5, 0.6) is 17.2 Å². The summed E-state index contributed by atoms with van der Waals surface area (Å²) in [4.78, 5) is 0. The summed E-state index contributed by atoms with van der Waals surface area (Å²) in [5, 5.41) is 30.0. The molecule has 3 aromatic rings. The van der Waals surface area contributed by atoms with Gasteiger partial charge in [-0.1, -0.05) is 36.4 Å². The number of hydrogen-bond donors (Lipinski definition) is 3. The molecule has 0 aromatic heterocycles. The molecule has 0 spiro atoms. The Balaban J connectivity index is 1.73. The van der Waals surface area contributed by atoms with E-state index < -0.39 is 0 Å². The first-order chi connectivity index (χ1) is 14.3. The molecule has 3 heteroatoms. The van der Waals surface area contributed by atoms with Gasteiger partial charge in [0.1, 0.15) is 17.2 Å². The summed E-state index contributed by atoms with van der Waals surface area (Å²) >= 11 is 0. The molecule has 1 saturated carbocycles. The lowest BCUT2D eigenvalue weighted by Crippen LogP contribution is -2.33. The highest BCUT2D eigenvalue weighted by atomic mass is 16.3. The Morgan fingerprint density at radius 3 is 1.50 bits per heavy atom. The Kier molecular flexibility index (Phi) is 5.23. The lowest BCUT2D eigenvalue weighted by atomic mass is 9.62. The lowest BCUT2D eigenvalue weighted by molar-refractivity contribution is 0.314. The molecule has 0 radical (unpaired) electrons. The highest BCUT2D eigenvalue weighted by Gasteiger charge is 2.39. The van der Waals surface area contributed by atoms with Crippen LogP contribution >= 0.6 is 0 Å². The van der Waals surface area contributed by atoms with Gasteiger partial charge in [-0.25, -0.2) is 0 Å². The van der Waals surface area contributed by atoms with E-state index in [1.54, 1.807) is 18.2 Å². The van der Waals surface area contributed by atoms with E-state index in [1.807, 2.05) is 20.8 Å². The number of aryl methyl sites for hydroxylation is 3. The van der Waals surface area contributed by atoms with Crippen LogP contribution in [-0.2, 0) is 5.41 Å². The quantitative estimate of drug-likeness (QED) is 0.477. The molecule has 0 heterocycles. The maximum absolute atomic E-state index is 10.1. The van der Waals surface area contributed by atoms with Crippen LogP contribution in [0.25, 0.3) is 0 Å². The standard InChI is InChI=1S/C27H30O3/c1-17-14-21(4-7-24(17)28)20-10-12-27(13-11-20,22-5-8-25(29)18(2)15-22)23-6-9-26(30)19(3)16-23/h4-9,14-16,20,28-30H,10-13H2,1-3H3. The molecule has 0 unspecified atom stereocenters. The SMILES string of the molecule is Cc1cc(C2CCC(c3ccc(O)c(C)c3)(c3ccc(O)c(C)c3)CC2)ccc1O. The summed E-state index contributed by atoms with van der Waals surface area (Å²) < 4.78 is 0. The fourth-order valence-corrected chi connectivity index (χ4v) is 5.03. The van der Waals surface area contributed by atoms with Gasteiger partial charge < -0.3 is 15.3 Å². The van der Waals surface area contributed by atoms with Gasteiger partial charge in [0.05, 0.1) is 0 Å². The van der Waals surface area contributed by atoms with Gasteiger partial charge in [-0.2, -0.15) is 0 Å². The summed E-state index contributed by atoms with van der Waals surface area (Å²) in [5.41, 5.74) is 6.30. The smallest absolute Gasteiger partial charge is 0.118 e. The second kappa shape index (κ2) is 7.71. The van der Waals surface area contributed by atoms with Gasteiger partial charge in [-0.15, -0.1) is 0 Å². The van der Waals surface area contributed by atoms with E-state index in [0.29, 0.717) is 23.2 Å². The lowest BCUT2D eigenvalue weighted by Gasteiger charge is -2.42. The third-order valence-corrected chi connectivity index (χ3v) is 7.03. The zero-order valence-electron chi connectivity index (χ0n) is 17.9. The van der Waals surface area contributed by atoms with E-state index in [2.05, 4.69) is 36.4 Å². The average Bonchev–Trinajstić information content (AvgIpc) is 2.74. The van der Waals surface area contributed by atoms with Crippen molar-refractivity contribution >= 4 is 0 Å². The molecule has 3 nitrogen and oxygen atoms in total. The Morgan fingerprint density at radius 2 is 1.07 bits per heavy atom. The minimum atomic E-state index is -0.140. The highest BCUT2D eigenvalue weighted by molar-refractivity contribution is 5.48. The number of phenolic OH excluding ortho intramolecular Hbond substituents is 3. The van der Waals surface area contributed by atoms with Crippen LogP contribution in [0.1, 0.15) is 65.0 Å². The van der Waals surface area contributed by atoms with Crippen LogP contribution in [0.2, 0.25) is 0 Å². The van der Waals surface area contributed by atoms with Gasteiger partial charge in [-0.3, -0.25) is 0 Å². The average molecular weight is 403 g/mol. The zero-order valence-corrected chi connectivity index (χ0v) is 17.9. The van der Waals surface area contributed by atoms with Crippen molar-refractivity contribution in [3.63, 3.8) is 0 Å². The molecule has 0 aliphatic heterocycles. The van der Waals surface area contributed by atoms with Gasteiger partial charge in [0, 0.05) is 5.41 Å². The Hall–Kier alpha value is -2.94. The van der Waals surface area contributed by atoms with Crippen molar-refractivity contribution in [2.75, 3.05) is 0 Å². The van der Waals surface area contributed by atoms with Gasteiger partial charge in [-0.05, 0) is 104 Å². The molecule has 30 heavy (non-hydrogen) atoms. The van der Waals surface area contributed by atoms with Gasteiger partial charge >= 0.3 is 0 Å². The first kappa shape index (κ1) is 20.3. The van der Waals surface area contributed by atoms with Crippen LogP contribution in [0.4, 0.5) is 0 Å². The van der Waals surface area contributed by atoms with E-state index in [4.69, 9.17) is 0 Å². The predicted molar refractivity (Wildman–Crippen MR) is 121 cm³/mol. The largest absolute Gasteiger partial charge is 0.508 e. The topological polar surface area (TPSA) is 60.7 Å². The second-order valence-corrected chi connectivity index (χ2v) is 8.90. The molecule has 4 rings (SSSR count). The second-order valence-electron chi connectivity index (χ2n) is 8.90. The summed E-state index contributed by atoms with van der Waals surface area (Å²) in [7, 11) is 0. The van der Waals surface area contributed by atoms with Gasteiger partial charge in [0.15, 0.2) is 0 Å². The summed E-state index contributed by atoms with van der Waals surface area (Å²) in [6.07, 6.45) is 4.08. The molecule has 3 aromatic carbocycles. The van der Waals surface area contributed by atoms with E-state index in [0.717, 1.165) is 42.4 Å². The van der Waals surface area contributed by atoms with E-state index in [-0.39, 0.29) is 5.41 Å². The van der Waals surface area contributed by atoms with Crippen molar-refractivity contribution in [1.29, 1.82) is 0 Å². The molecule has 1 fully saturated rings. The molecule has 0 saturated heterocycles. The molecule has 0 atom stereocenters. The minimum absolute atomic E-state index is 0.140. The zero-order chi connectivity index (χ0) is 21.5. The fraction of sp³-hybridized carbons (Fsp3) is 0.333. The Labute approximate surface area is 178 Å². The van der Waals surface area contributed by atoms with E-state index in [9.17, 15) is 15.3 Å². The third kappa shape index (κ3) is 3.54. The monoisotopic (exact) mass is 402 g/mol. The summed E-state index contributed by atoms with van der Waals surface area (Å²) in [6, 6.07) is 17.9. The van der Waals surface area contributed by atoms with Crippen LogP contribution in [0, 0.1) is 20.8 Å². The van der Waals surface area contributed by atoms with Gasteiger partial charge in [0.25, 0.3) is 0 Å². The van der Waals surface area contributed by atoms with Crippen LogP contribution in [-0.4, -0.2) is 15.3 Å². The van der Waals surface area contributed by atoms with Crippen molar-refractivity contribution in [1.82, 2.24) is 0 Å². The maximum atomic E-state index is 10.1. The summed E-state index contributed by atoms with van der Waals surface area (Å²) in [6.45, 7) is 5.84. The van der Waals surface area contributed by atoms with Crippen LogP contribution in [0.3, 0.4) is 0 Å². The maximum Gasteiger partial charge on any atom is 0.118 e. The molecule has 1 aliphatic rings. The van der Waals surface area contributed by atoms with E-state index >= 15 is 0 Å². The van der Waals surface area contributed by atoms with Crippen molar-refractivity contribution in [3.05, 3.63) is 88.0 Å². The normalized spacial score (nSPS) is 16.5. The molecule has 0 amide bonds. The number of rotatable bonds is 3. The van der Waals surface area contributed by atoms with Crippen molar-refractivity contribution in [2.24, 2.45) is 0 Å². The van der Waals surface area contributed by atoms with Crippen molar-refractivity contribution in [3.8, 4) is 17.2 Å². The first-order valence-electron chi connectivity index (χ1n) is 10.7. The summed E-state index contributed by atoms with van der Waals surface area (Å²) in [5.74, 6) is 1.46.